The molecule has 0 radical (unpaired) electrons. The molecule has 58 valence electrons. The molecule has 0 aliphatic heterocycles. The maximum absolute atomic E-state index is 2.42. The lowest BCUT2D eigenvalue weighted by molar-refractivity contribution is 0.432. The number of hydrogen-bond acceptors (Lipinski definition) is 0. The molecule has 0 bridgehead atoms. The summed E-state index contributed by atoms with van der Waals surface area (Å²) >= 11 is 0. The maximum Gasteiger partial charge on any atom is -0.0320 e. The highest BCUT2D eigenvalue weighted by molar-refractivity contribution is 5.02. The van der Waals surface area contributed by atoms with E-state index < -0.39 is 0 Å². The van der Waals surface area contributed by atoms with Crippen LogP contribution in [0.5, 0.6) is 0 Å². The van der Waals surface area contributed by atoms with E-state index in [2.05, 4.69) is 19.9 Å². The molecular formula is C10H18. The predicted molar refractivity (Wildman–Crippen MR) is 46.0 cm³/mol. The van der Waals surface area contributed by atoms with Gasteiger partial charge in [-0.05, 0) is 32.1 Å². The topological polar surface area (TPSA) is 0 Å². The molecule has 0 N–H and O–H groups in total. The van der Waals surface area contributed by atoms with E-state index in [1.54, 1.807) is 5.57 Å². The summed E-state index contributed by atoms with van der Waals surface area (Å²) in [7, 11) is 0. The lowest BCUT2D eigenvalue weighted by Crippen LogP contribution is -2.03. The Kier molecular flexibility index (Phi) is 2.98. The van der Waals surface area contributed by atoms with Gasteiger partial charge in [-0.25, -0.2) is 0 Å². The monoisotopic (exact) mass is 138 g/mol. The fourth-order valence-corrected chi connectivity index (χ4v) is 1.69. The zero-order valence-electron chi connectivity index (χ0n) is 7.19. The molecular weight excluding hydrogens is 120 g/mol. The highest BCUT2D eigenvalue weighted by atomic mass is 14.2. The summed E-state index contributed by atoms with van der Waals surface area (Å²) in [5.74, 6) is 1.01. The van der Waals surface area contributed by atoms with Gasteiger partial charge >= 0.3 is 0 Å². The lowest BCUT2D eigenvalue weighted by atomic mass is 9.87. The van der Waals surface area contributed by atoms with E-state index >= 15 is 0 Å². The van der Waals surface area contributed by atoms with Crippen LogP contribution >= 0.6 is 0 Å². The molecule has 0 fully saturated rings. The van der Waals surface area contributed by atoms with Crippen molar-refractivity contribution in [2.24, 2.45) is 5.92 Å². The van der Waals surface area contributed by atoms with Crippen molar-refractivity contribution in [1.82, 2.24) is 0 Å². The van der Waals surface area contributed by atoms with Crippen molar-refractivity contribution in [2.45, 2.75) is 46.0 Å². The molecule has 0 spiro atoms. The quantitative estimate of drug-likeness (QED) is 0.512. The normalized spacial score (nSPS) is 26.2. The Labute approximate surface area is 64.3 Å². The zero-order valence-corrected chi connectivity index (χ0v) is 7.19. The first-order valence-corrected chi connectivity index (χ1v) is 4.48. The SMILES string of the molecule is CCCC1CC=C(C)CC1. The second kappa shape index (κ2) is 3.80. The Bertz CT molecular complexity index is 122. The maximum atomic E-state index is 2.42. The van der Waals surface area contributed by atoms with Gasteiger partial charge in [-0.3, -0.25) is 0 Å². The van der Waals surface area contributed by atoms with E-state index in [1.807, 2.05) is 0 Å². The number of hydrogen-bond donors (Lipinski definition) is 0. The number of allylic oxidation sites excluding steroid dienone is 2. The molecule has 1 rings (SSSR count). The van der Waals surface area contributed by atoms with Crippen molar-refractivity contribution < 1.29 is 0 Å². The van der Waals surface area contributed by atoms with E-state index in [1.165, 1.54) is 32.1 Å². The highest BCUT2D eigenvalue weighted by Gasteiger charge is 2.10. The van der Waals surface area contributed by atoms with E-state index in [-0.39, 0.29) is 0 Å². The Morgan fingerprint density at radius 3 is 2.90 bits per heavy atom. The summed E-state index contributed by atoms with van der Waals surface area (Å²) in [6.07, 6.45) is 9.35. The molecule has 0 heterocycles. The van der Waals surface area contributed by atoms with Crippen LogP contribution in [-0.4, -0.2) is 0 Å². The summed E-state index contributed by atoms with van der Waals surface area (Å²) in [6.45, 7) is 4.54. The second-order valence-corrected chi connectivity index (χ2v) is 3.48. The summed E-state index contributed by atoms with van der Waals surface area (Å²) in [5, 5.41) is 0. The van der Waals surface area contributed by atoms with Crippen LogP contribution in [0.4, 0.5) is 0 Å². The molecule has 1 unspecified atom stereocenters. The van der Waals surface area contributed by atoms with Crippen LogP contribution in [0.25, 0.3) is 0 Å². The smallest absolute Gasteiger partial charge is 0.0320 e. The van der Waals surface area contributed by atoms with Gasteiger partial charge < -0.3 is 0 Å². The fraction of sp³-hybridized carbons (Fsp3) is 0.800. The Morgan fingerprint density at radius 2 is 2.40 bits per heavy atom. The van der Waals surface area contributed by atoms with E-state index in [9.17, 15) is 0 Å². The summed E-state index contributed by atoms with van der Waals surface area (Å²) in [5.41, 5.74) is 1.60. The second-order valence-electron chi connectivity index (χ2n) is 3.48. The van der Waals surface area contributed by atoms with Gasteiger partial charge in [-0.15, -0.1) is 0 Å². The molecule has 0 aromatic rings. The zero-order chi connectivity index (χ0) is 7.40. The molecule has 1 aliphatic carbocycles. The minimum atomic E-state index is 1.01. The van der Waals surface area contributed by atoms with E-state index in [0.29, 0.717) is 0 Å². The first-order chi connectivity index (χ1) is 4.83. The van der Waals surface area contributed by atoms with Crippen molar-refractivity contribution in [3.63, 3.8) is 0 Å². The molecule has 0 aromatic carbocycles. The van der Waals surface area contributed by atoms with Crippen molar-refractivity contribution in [2.75, 3.05) is 0 Å². The largest absolute Gasteiger partial charge is 0.0853 e. The van der Waals surface area contributed by atoms with Crippen LogP contribution in [0, 0.1) is 5.92 Å². The molecule has 0 heteroatoms. The molecule has 10 heavy (non-hydrogen) atoms. The van der Waals surface area contributed by atoms with Crippen molar-refractivity contribution in [3.05, 3.63) is 11.6 Å². The van der Waals surface area contributed by atoms with Crippen LogP contribution in [0.3, 0.4) is 0 Å². The van der Waals surface area contributed by atoms with Gasteiger partial charge in [-0.2, -0.15) is 0 Å². The molecule has 1 aliphatic rings. The van der Waals surface area contributed by atoms with Crippen molar-refractivity contribution in [1.29, 1.82) is 0 Å². The minimum absolute atomic E-state index is 1.01. The molecule has 0 amide bonds. The third kappa shape index (κ3) is 2.17. The summed E-state index contributed by atoms with van der Waals surface area (Å²) < 4.78 is 0. The lowest BCUT2D eigenvalue weighted by Gasteiger charge is -2.19. The Balaban J connectivity index is 2.27. The standard InChI is InChI=1S/C10H18/c1-3-4-10-7-5-9(2)6-8-10/h5,10H,3-4,6-8H2,1-2H3. The van der Waals surface area contributed by atoms with Gasteiger partial charge in [0.15, 0.2) is 0 Å². The van der Waals surface area contributed by atoms with Gasteiger partial charge in [0.05, 0.1) is 0 Å². The first kappa shape index (κ1) is 7.84. The van der Waals surface area contributed by atoms with Gasteiger partial charge in [-0.1, -0.05) is 31.4 Å². The number of rotatable bonds is 2. The average molecular weight is 138 g/mol. The fourth-order valence-electron chi connectivity index (χ4n) is 1.69. The van der Waals surface area contributed by atoms with E-state index in [4.69, 9.17) is 0 Å². The average Bonchev–Trinajstić information content (AvgIpc) is 1.95. The first-order valence-electron chi connectivity index (χ1n) is 4.48. The molecule has 0 aromatic heterocycles. The van der Waals surface area contributed by atoms with Crippen LogP contribution in [0.2, 0.25) is 0 Å². The highest BCUT2D eigenvalue weighted by Crippen LogP contribution is 2.26. The van der Waals surface area contributed by atoms with Crippen molar-refractivity contribution in [3.8, 4) is 0 Å². The minimum Gasteiger partial charge on any atom is -0.0853 e. The molecule has 0 nitrogen and oxygen atoms in total. The predicted octanol–water partition coefficient (Wildman–Crippen LogP) is 3.53. The van der Waals surface area contributed by atoms with Crippen molar-refractivity contribution >= 4 is 0 Å². The van der Waals surface area contributed by atoms with Gasteiger partial charge in [0.25, 0.3) is 0 Å². The Morgan fingerprint density at radius 1 is 1.60 bits per heavy atom. The van der Waals surface area contributed by atoms with Crippen LogP contribution in [0.1, 0.15) is 46.0 Å². The summed E-state index contributed by atoms with van der Waals surface area (Å²) in [4.78, 5) is 0. The van der Waals surface area contributed by atoms with Gasteiger partial charge in [0.1, 0.15) is 0 Å². The third-order valence-corrected chi connectivity index (χ3v) is 2.44. The molecule has 0 saturated carbocycles. The van der Waals surface area contributed by atoms with E-state index in [0.717, 1.165) is 5.92 Å². The molecule has 1 atom stereocenters. The Hall–Kier alpha value is -0.260. The van der Waals surface area contributed by atoms with Crippen LogP contribution in [-0.2, 0) is 0 Å². The van der Waals surface area contributed by atoms with Gasteiger partial charge in [0.2, 0.25) is 0 Å². The van der Waals surface area contributed by atoms with Crippen LogP contribution < -0.4 is 0 Å². The molecule has 0 saturated heterocycles. The summed E-state index contributed by atoms with van der Waals surface area (Å²) in [6, 6.07) is 0. The third-order valence-electron chi connectivity index (χ3n) is 2.44. The van der Waals surface area contributed by atoms with Crippen LogP contribution in [0.15, 0.2) is 11.6 Å². The van der Waals surface area contributed by atoms with Gasteiger partial charge in [0, 0.05) is 0 Å².